The monoisotopic (exact) mass is 154 g/mol. The molecule has 0 aromatic carbocycles. The summed E-state index contributed by atoms with van der Waals surface area (Å²) in [5, 5.41) is 0. The molecule has 1 atom stereocenters. The van der Waals surface area contributed by atoms with E-state index in [9.17, 15) is 0 Å². The van der Waals surface area contributed by atoms with Crippen LogP contribution in [0.15, 0.2) is 12.2 Å². The van der Waals surface area contributed by atoms with E-state index < -0.39 is 0 Å². The van der Waals surface area contributed by atoms with E-state index >= 15 is 0 Å². The minimum absolute atomic E-state index is 0.630. The fourth-order valence-corrected chi connectivity index (χ4v) is 1.15. The maximum absolute atomic E-state index is 5.12. The van der Waals surface area contributed by atoms with Crippen LogP contribution in [-0.4, -0.2) is 12.7 Å². The van der Waals surface area contributed by atoms with Crippen LogP contribution in [0.5, 0.6) is 0 Å². The third-order valence-corrected chi connectivity index (χ3v) is 1.95. The van der Waals surface area contributed by atoms with Crippen LogP contribution in [0.25, 0.3) is 0 Å². The Morgan fingerprint density at radius 2 is 2.18 bits per heavy atom. The summed E-state index contributed by atoms with van der Waals surface area (Å²) in [6, 6.07) is 0. The number of hydrogen-bond donors (Lipinski definition) is 0. The summed E-state index contributed by atoms with van der Waals surface area (Å²) in [6.07, 6.45) is 11.5. The average molecular weight is 154 g/mol. The van der Waals surface area contributed by atoms with Crippen molar-refractivity contribution in [2.75, 3.05) is 6.61 Å². The van der Waals surface area contributed by atoms with E-state index in [0.29, 0.717) is 6.10 Å². The molecule has 0 N–H and O–H groups in total. The second kappa shape index (κ2) is 5.36. The lowest BCUT2D eigenvalue weighted by Crippen LogP contribution is -1.83. The van der Waals surface area contributed by atoms with Gasteiger partial charge in [0.05, 0.1) is 12.7 Å². The Morgan fingerprint density at radius 1 is 1.36 bits per heavy atom. The van der Waals surface area contributed by atoms with Crippen molar-refractivity contribution >= 4 is 0 Å². The molecule has 0 amide bonds. The van der Waals surface area contributed by atoms with Gasteiger partial charge in [0.2, 0.25) is 0 Å². The highest BCUT2D eigenvalue weighted by molar-refractivity contribution is 4.80. The number of rotatable bonds is 6. The van der Waals surface area contributed by atoms with Crippen molar-refractivity contribution in [2.45, 2.75) is 45.1 Å². The van der Waals surface area contributed by atoms with Gasteiger partial charge in [0.15, 0.2) is 0 Å². The van der Waals surface area contributed by atoms with Crippen LogP contribution in [-0.2, 0) is 4.74 Å². The Morgan fingerprint density at radius 3 is 2.82 bits per heavy atom. The molecule has 1 unspecified atom stereocenters. The van der Waals surface area contributed by atoms with Crippen LogP contribution in [0.1, 0.15) is 39.0 Å². The molecule has 1 fully saturated rings. The standard InChI is InChI=1S/C10H18O/c1-2-3-4-5-6-7-8-10-9-11-10/h3-4,10H,2,5-9H2,1H3/b4-3-. The second-order valence-corrected chi connectivity index (χ2v) is 3.12. The Hall–Kier alpha value is -0.300. The zero-order valence-electron chi connectivity index (χ0n) is 7.38. The van der Waals surface area contributed by atoms with Gasteiger partial charge in [-0.2, -0.15) is 0 Å². The molecule has 1 rings (SSSR count). The van der Waals surface area contributed by atoms with Gasteiger partial charge in [0.25, 0.3) is 0 Å². The predicted octanol–water partition coefficient (Wildman–Crippen LogP) is 2.91. The van der Waals surface area contributed by atoms with Gasteiger partial charge in [-0.3, -0.25) is 0 Å². The fraction of sp³-hybridized carbons (Fsp3) is 0.800. The van der Waals surface area contributed by atoms with Crippen molar-refractivity contribution in [3.05, 3.63) is 12.2 Å². The zero-order chi connectivity index (χ0) is 7.94. The molecular formula is C10H18O. The molecule has 0 bridgehead atoms. The average Bonchev–Trinajstić information content (AvgIpc) is 2.80. The van der Waals surface area contributed by atoms with Gasteiger partial charge in [0, 0.05) is 0 Å². The summed E-state index contributed by atoms with van der Waals surface area (Å²) in [6.45, 7) is 3.19. The number of allylic oxidation sites excluding steroid dienone is 2. The van der Waals surface area contributed by atoms with E-state index in [1.165, 1.54) is 32.1 Å². The minimum Gasteiger partial charge on any atom is -0.373 e. The Balaban J connectivity index is 1.76. The van der Waals surface area contributed by atoms with Crippen molar-refractivity contribution in [2.24, 2.45) is 0 Å². The SMILES string of the molecule is CC/C=C\CCCCC1CO1. The van der Waals surface area contributed by atoms with Crippen LogP contribution in [0.2, 0.25) is 0 Å². The predicted molar refractivity (Wildman–Crippen MR) is 47.6 cm³/mol. The number of hydrogen-bond acceptors (Lipinski definition) is 1. The molecule has 1 aliphatic rings. The summed E-state index contributed by atoms with van der Waals surface area (Å²) >= 11 is 0. The highest BCUT2D eigenvalue weighted by atomic mass is 16.6. The minimum atomic E-state index is 0.630. The normalized spacial score (nSPS) is 22.8. The molecule has 0 aliphatic carbocycles. The third kappa shape index (κ3) is 5.02. The van der Waals surface area contributed by atoms with E-state index in [0.717, 1.165) is 6.61 Å². The molecule has 0 spiro atoms. The Bertz CT molecular complexity index is 114. The van der Waals surface area contributed by atoms with Crippen LogP contribution in [0.3, 0.4) is 0 Å². The molecule has 11 heavy (non-hydrogen) atoms. The first-order valence-electron chi connectivity index (χ1n) is 4.70. The molecule has 1 nitrogen and oxygen atoms in total. The molecule has 0 saturated carbocycles. The quantitative estimate of drug-likeness (QED) is 0.325. The maximum Gasteiger partial charge on any atom is 0.0810 e. The molecule has 1 heterocycles. The summed E-state index contributed by atoms with van der Waals surface area (Å²) < 4.78 is 5.12. The topological polar surface area (TPSA) is 12.5 Å². The van der Waals surface area contributed by atoms with E-state index in [2.05, 4.69) is 19.1 Å². The first kappa shape index (κ1) is 8.79. The molecule has 1 heteroatoms. The molecular weight excluding hydrogens is 136 g/mol. The van der Waals surface area contributed by atoms with Gasteiger partial charge in [0.1, 0.15) is 0 Å². The summed E-state index contributed by atoms with van der Waals surface area (Å²) in [4.78, 5) is 0. The van der Waals surface area contributed by atoms with Gasteiger partial charge in [-0.05, 0) is 25.7 Å². The first-order chi connectivity index (χ1) is 5.43. The molecule has 1 saturated heterocycles. The lowest BCUT2D eigenvalue weighted by molar-refractivity contribution is 0.390. The third-order valence-electron chi connectivity index (χ3n) is 1.95. The van der Waals surface area contributed by atoms with E-state index in [4.69, 9.17) is 4.74 Å². The van der Waals surface area contributed by atoms with Crippen molar-refractivity contribution < 1.29 is 4.74 Å². The van der Waals surface area contributed by atoms with Crippen molar-refractivity contribution in [3.63, 3.8) is 0 Å². The van der Waals surface area contributed by atoms with Crippen molar-refractivity contribution in [3.8, 4) is 0 Å². The van der Waals surface area contributed by atoms with E-state index in [-0.39, 0.29) is 0 Å². The van der Waals surface area contributed by atoms with Crippen LogP contribution < -0.4 is 0 Å². The van der Waals surface area contributed by atoms with Gasteiger partial charge in [-0.15, -0.1) is 0 Å². The van der Waals surface area contributed by atoms with Gasteiger partial charge in [-0.25, -0.2) is 0 Å². The number of unbranched alkanes of at least 4 members (excludes halogenated alkanes) is 2. The summed E-state index contributed by atoms with van der Waals surface area (Å²) in [7, 11) is 0. The molecule has 0 aromatic rings. The summed E-state index contributed by atoms with van der Waals surface area (Å²) in [5.74, 6) is 0. The smallest absolute Gasteiger partial charge is 0.0810 e. The van der Waals surface area contributed by atoms with Crippen molar-refractivity contribution in [1.29, 1.82) is 0 Å². The Kier molecular flexibility index (Phi) is 4.29. The van der Waals surface area contributed by atoms with Crippen LogP contribution >= 0.6 is 0 Å². The zero-order valence-corrected chi connectivity index (χ0v) is 7.38. The van der Waals surface area contributed by atoms with Gasteiger partial charge < -0.3 is 4.74 Å². The highest BCUT2D eigenvalue weighted by Crippen LogP contribution is 2.17. The molecule has 1 aliphatic heterocycles. The lowest BCUT2D eigenvalue weighted by Gasteiger charge is -1.93. The Labute approximate surface area is 69.4 Å². The van der Waals surface area contributed by atoms with Gasteiger partial charge in [-0.1, -0.05) is 25.5 Å². The number of ether oxygens (including phenoxy) is 1. The second-order valence-electron chi connectivity index (χ2n) is 3.12. The summed E-state index contributed by atoms with van der Waals surface area (Å²) in [5.41, 5.74) is 0. The van der Waals surface area contributed by atoms with E-state index in [1.807, 2.05) is 0 Å². The van der Waals surface area contributed by atoms with Crippen molar-refractivity contribution in [1.82, 2.24) is 0 Å². The van der Waals surface area contributed by atoms with E-state index in [1.54, 1.807) is 0 Å². The molecule has 0 radical (unpaired) electrons. The number of epoxide rings is 1. The lowest BCUT2D eigenvalue weighted by atomic mass is 10.1. The highest BCUT2D eigenvalue weighted by Gasteiger charge is 2.20. The maximum atomic E-state index is 5.12. The van der Waals surface area contributed by atoms with Crippen LogP contribution in [0.4, 0.5) is 0 Å². The van der Waals surface area contributed by atoms with Crippen LogP contribution in [0, 0.1) is 0 Å². The molecule has 0 aromatic heterocycles. The molecule has 64 valence electrons. The fourth-order valence-electron chi connectivity index (χ4n) is 1.15. The van der Waals surface area contributed by atoms with Gasteiger partial charge >= 0.3 is 0 Å². The first-order valence-corrected chi connectivity index (χ1v) is 4.70. The largest absolute Gasteiger partial charge is 0.373 e.